The number of aliphatic hydroxyl groups is 2. The van der Waals surface area contributed by atoms with Crippen molar-refractivity contribution in [1.82, 2.24) is 10.3 Å². The molecule has 0 radical (unpaired) electrons. The van der Waals surface area contributed by atoms with Gasteiger partial charge in [-0.15, -0.1) is 0 Å². The van der Waals surface area contributed by atoms with Crippen molar-refractivity contribution in [3.63, 3.8) is 0 Å². The zero-order chi connectivity index (χ0) is 12.4. The maximum atomic E-state index is 11.2. The third kappa shape index (κ3) is 2.93. The molecule has 5 N–H and O–H groups in total. The lowest BCUT2D eigenvalue weighted by Crippen LogP contribution is -2.40. The molecule has 0 bridgehead atoms. The number of hydrogen-bond donors (Lipinski definition) is 4. The van der Waals surface area contributed by atoms with Gasteiger partial charge in [-0.3, -0.25) is 15.1 Å². The molecule has 7 nitrogen and oxygen atoms in total. The Kier molecular flexibility index (Phi) is 3.95. The summed E-state index contributed by atoms with van der Waals surface area (Å²) in [6, 6.07) is 0. The van der Waals surface area contributed by atoms with Crippen LogP contribution >= 0.6 is 0 Å². The van der Waals surface area contributed by atoms with Gasteiger partial charge >= 0.3 is 0 Å². The van der Waals surface area contributed by atoms with Crippen LogP contribution in [0.4, 0.5) is 0 Å². The minimum absolute atomic E-state index is 0.0326. The number of β-amino-alcohol motifs (C(OH)–C–C–N with tert-alkyl or cyclic N) is 2. The second kappa shape index (κ2) is 5.28. The van der Waals surface area contributed by atoms with E-state index >= 15 is 0 Å². The molecule has 7 heteroatoms. The Morgan fingerprint density at radius 3 is 2.59 bits per heavy atom. The van der Waals surface area contributed by atoms with Crippen LogP contribution in [0.25, 0.3) is 0 Å². The lowest BCUT2D eigenvalue weighted by Gasteiger charge is -2.19. The van der Waals surface area contributed by atoms with Gasteiger partial charge in [0.1, 0.15) is 6.10 Å². The molecule has 2 aliphatic heterocycles. The molecule has 0 aliphatic carbocycles. The highest BCUT2D eigenvalue weighted by atomic mass is 16.5. The van der Waals surface area contributed by atoms with Crippen molar-refractivity contribution in [1.29, 1.82) is 0 Å². The molecular weight excluding hydrogens is 226 g/mol. The summed E-state index contributed by atoms with van der Waals surface area (Å²) in [6.45, 7) is 1.53. The van der Waals surface area contributed by atoms with Crippen molar-refractivity contribution in [3.8, 4) is 0 Å². The molecule has 4 unspecified atom stereocenters. The van der Waals surface area contributed by atoms with Crippen molar-refractivity contribution in [2.24, 2.45) is 5.84 Å². The fraction of sp³-hybridized carbons (Fsp3) is 0.900. The summed E-state index contributed by atoms with van der Waals surface area (Å²) in [5, 5.41) is 18.8. The van der Waals surface area contributed by atoms with Crippen LogP contribution in [-0.4, -0.2) is 65.1 Å². The molecule has 1 amide bonds. The fourth-order valence-electron chi connectivity index (χ4n) is 2.41. The standard InChI is InChI=1S/C10H19N3O4/c11-12-10(16)9-2-1-6(17-9)3-13-4-7(14)8(15)5-13/h6-9,14-15H,1-5,11H2,(H,12,16). The van der Waals surface area contributed by atoms with Crippen LogP contribution in [0.3, 0.4) is 0 Å². The minimum Gasteiger partial charge on any atom is -0.389 e. The average molecular weight is 245 g/mol. The number of nitrogens with two attached hydrogens (primary N) is 1. The fourth-order valence-corrected chi connectivity index (χ4v) is 2.41. The predicted octanol–water partition coefficient (Wildman–Crippen LogP) is -2.44. The summed E-state index contributed by atoms with van der Waals surface area (Å²) in [5.74, 6) is 4.74. The second-order valence-corrected chi connectivity index (χ2v) is 4.69. The average Bonchev–Trinajstić information content (AvgIpc) is 2.87. The lowest BCUT2D eigenvalue weighted by molar-refractivity contribution is -0.132. The molecule has 98 valence electrons. The predicted molar refractivity (Wildman–Crippen MR) is 58.7 cm³/mol. The Morgan fingerprint density at radius 1 is 1.35 bits per heavy atom. The number of hydrogen-bond acceptors (Lipinski definition) is 6. The molecule has 2 aliphatic rings. The maximum absolute atomic E-state index is 11.2. The molecule has 17 heavy (non-hydrogen) atoms. The first-order chi connectivity index (χ1) is 8.10. The number of aliphatic hydroxyl groups excluding tert-OH is 2. The number of nitrogens with one attached hydrogen (secondary N) is 1. The van der Waals surface area contributed by atoms with Gasteiger partial charge in [0.25, 0.3) is 5.91 Å². The monoisotopic (exact) mass is 245 g/mol. The number of nitrogens with zero attached hydrogens (tertiary/aromatic N) is 1. The van der Waals surface area contributed by atoms with E-state index in [0.717, 1.165) is 6.42 Å². The molecule has 2 heterocycles. The lowest BCUT2D eigenvalue weighted by atomic mass is 10.2. The van der Waals surface area contributed by atoms with E-state index in [1.807, 2.05) is 4.90 Å². The van der Waals surface area contributed by atoms with Crippen LogP contribution in [0.1, 0.15) is 12.8 Å². The Bertz CT molecular complexity index is 279. The molecule has 2 saturated heterocycles. The highest BCUT2D eigenvalue weighted by Gasteiger charge is 2.35. The summed E-state index contributed by atoms with van der Waals surface area (Å²) >= 11 is 0. The number of likely N-dealkylation sites (tertiary alicyclic amines) is 1. The van der Waals surface area contributed by atoms with Crippen molar-refractivity contribution in [2.45, 2.75) is 37.3 Å². The van der Waals surface area contributed by atoms with Crippen LogP contribution in [0, 0.1) is 0 Å². The quantitative estimate of drug-likeness (QED) is 0.250. The molecule has 0 spiro atoms. The molecule has 0 aromatic heterocycles. The maximum Gasteiger partial charge on any atom is 0.263 e. The molecule has 0 aromatic carbocycles. The zero-order valence-electron chi connectivity index (χ0n) is 9.58. The third-order valence-electron chi connectivity index (χ3n) is 3.34. The van der Waals surface area contributed by atoms with E-state index in [1.54, 1.807) is 0 Å². The van der Waals surface area contributed by atoms with Crippen molar-refractivity contribution in [3.05, 3.63) is 0 Å². The summed E-state index contributed by atoms with van der Waals surface area (Å²) in [6.07, 6.45) is -0.413. The summed E-state index contributed by atoms with van der Waals surface area (Å²) in [4.78, 5) is 13.2. The van der Waals surface area contributed by atoms with Crippen molar-refractivity contribution >= 4 is 5.91 Å². The highest BCUT2D eigenvalue weighted by Crippen LogP contribution is 2.22. The van der Waals surface area contributed by atoms with Gasteiger partial charge in [0.15, 0.2) is 0 Å². The smallest absolute Gasteiger partial charge is 0.263 e. The Balaban J connectivity index is 1.77. The third-order valence-corrected chi connectivity index (χ3v) is 3.34. The van der Waals surface area contributed by atoms with Gasteiger partial charge < -0.3 is 14.9 Å². The van der Waals surface area contributed by atoms with E-state index in [0.29, 0.717) is 26.1 Å². The second-order valence-electron chi connectivity index (χ2n) is 4.69. The van der Waals surface area contributed by atoms with Crippen molar-refractivity contribution < 1.29 is 19.7 Å². The Labute approximate surface area is 99.5 Å². The van der Waals surface area contributed by atoms with E-state index in [2.05, 4.69) is 5.43 Å². The minimum atomic E-state index is -0.681. The summed E-state index contributed by atoms with van der Waals surface area (Å²) < 4.78 is 5.55. The van der Waals surface area contributed by atoms with Gasteiger partial charge in [-0.05, 0) is 12.8 Å². The van der Waals surface area contributed by atoms with Crippen LogP contribution in [-0.2, 0) is 9.53 Å². The first-order valence-electron chi connectivity index (χ1n) is 5.84. The summed E-state index contributed by atoms with van der Waals surface area (Å²) in [5.41, 5.74) is 2.08. The Hall–Kier alpha value is -0.730. The van der Waals surface area contributed by atoms with E-state index < -0.39 is 18.3 Å². The van der Waals surface area contributed by atoms with Gasteiger partial charge in [-0.25, -0.2) is 5.84 Å². The molecule has 2 rings (SSSR count). The van der Waals surface area contributed by atoms with E-state index in [1.165, 1.54) is 0 Å². The molecule has 2 fully saturated rings. The largest absolute Gasteiger partial charge is 0.389 e. The van der Waals surface area contributed by atoms with Crippen LogP contribution < -0.4 is 11.3 Å². The molecular formula is C10H19N3O4. The van der Waals surface area contributed by atoms with Gasteiger partial charge in [-0.1, -0.05) is 0 Å². The first kappa shape index (κ1) is 12.7. The molecule has 0 saturated carbocycles. The van der Waals surface area contributed by atoms with Gasteiger partial charge in [0, 0.05) is 19.6 Å². The SMILES string of the molecule is NNC(=O)C1CCC(CN2CC(O)C(O)C2)O1. The van der Waals surface area contributed by atoms with Crippen LogP contribution in [0.15, 0.2) is 0 Å². The van der Waals surface area contributed by atoms with Crippen LogP contribution in [0.5, 0.6) is 0 Å². The van der Waals surface area contributed by atoms with E-state index in [9.17, 15) is 15.0 Å². The van der Waals surface area contributed by atoms with Gasteiger partial charge in [0.2, 0.25) is 0 Å². The number of carbonyl (C=O) groups excluding carboxylic acids is 1. The van der Waals surface area contributed by atoms with Gasteiger partial charge in [-0.2, -0.15) is 0 Å². The molecule has 4 atom stereocenters. The number of ether oxygens (including phenoxy) is 1. The number of amides is 1. The first-order valence-corrected chi connectivity index (χ1v) is 5.84. The molecule has 0 aromatic rings. The number of hydrazine groups is 1. The highest BCUT2D eigenvalue weighted by molar-refractivity contribution is 5.80. The Morgan fingerprint density at radius 2 is 2.00 bits per heavy atom. The topological polar surface area (TPSA) is 108 Å². The summed E-state index contributed by atoms with van der Waals surface area (Å²) in [7, 11) is 0. The van der Waals surface area contributed by atoms with Crippen molar-refractivity contribution in [2.75, 3.05) is 19.6 Å². The zero-order valence-corrected chi connectivity index (χ0v) is 9.58. The number of carbonyl (C=O) groups is 1. The van der Waals surface area contributed by atoms with E-state index in [4.69, 9.17) is 10.6 Å². The van der Waals surface area contributed by atoms with Gasteiger partial charge in [0.05, 0.1) is 18.3 Å². The van der Waals surface area contributed by atoms with Crippen LogP contribution in [0.2, 0.25) is 0 Å². The normalized spacial score (nSPS) is 38.5. The van der Waals surface area contributed by atoms with E-state index in [-0.39, 0.29) is 12.0 Å². The number of rotatable bonds is 3.